The third-order valence-corrected chi connectivity index (χ3v) is 9.06. The number of carbonyl (C=O) groups excluding carboxylic acids is 1. The fourth-order valence-corrected chi connectivity index (χ4v) is 6.56. The molecule has 0 aromatic heterocycles. The van der Waals surface area contributed by atoms with Crippen molar-refractivity contribution in [2.24, 2.45) is 5.92 Å². The second-order valence-electron chi connectivity index (χ2n) is 9.21. The van der Waals surface area contributed by atoms with Gasteiger partial charge in [0, 0.05) is 31.0 Å². The lowest BCUT2D eigenvalue weighted by Gasteiger charge is -2.42. The topological polar surface area (TPSA) is 75.7 Å². The summed E-state index contributed by atoms with van der Waals surface area (Å²) in [6, 6.07) is 17.1. The normalized spacial score (nSPS) is 21.1. The molecule has 0 aliphatic carbocycles. The Morgan fingerprint density at radius 3 is 2.33 bits per heavy atom. The van der Waals surface area contributed by atoms with E-state index in [-0.39, 0.29) is 29.2 Å². The SMILES string of the molecule is CCC1(CC)C[C@@H](NC(=O)C2CCN(S(=O)(=O)Cc3ccccc3)CC2)c2ccccc2O1. The molecule has 2 aromatic rings. The lowest BCUT2D eigenvalue weighted by atomic mass is 9.83. The maximum atomic E-state index is 13.2. The van der Waals surface area contributed by atoms with Crippen molar-refractivity contribution in [3.63, 3.8) is 0 Å². The van der Waals surface area contributed by atoms with Gasteiger partial charge in [0.2, 0.25) is 15.9 Å². The molecule has 2 aliphatic rings. The Morgan fingerprint density at radius 1 is 1.03 bits per heavy atom. The summed E-state index contributed by atoms with van der Waals surface area (Å²) < 4.78 is 33.6. The van der Waals surface area contributed by atoms with Crippen molar-refractivity contribution in [3.05, 3.63) is 65.7 Å². The number of rotatable bonds is 7. The van der Waals surface area contributed by atoms with Gasteiger partial charge in [-0.05, 0) is 37.3 Å². The average Bonchev–Trinajstić information content (AvgIpc) is 2.84. The van der Waals surface area contributed by atoms with Crippen LogP contribution in [0.2, 0.25) is 0 Å². The van der Waals surface area contributed by atoms with Gasteiger partial charge in [0.15, 0.2) is 0 Å². The minimum Gasteiger partial charge on any atom is -0.487 e. The number of carbonyl (C=O) groups is 1. The van der Waals surface area contributed by atoms with Crippen LogP contribution < -0.4 is 10.1 Å². The first-order valence-corrected chi connectivity index (χ1v) is 13.6. The van der Waals surface area contributed by atoms with Crippen LogP contribution in [-0.2, 0) is 20.6 Å². The van der Waals surface area contributed by atoms with Gasteiger partial charge in [0.05, 0.1) is 11.8 Å². The largest absolute Gasteiger partial charge is 0.487 e. The summed E-state index contributed by atoms with van der Waals surface area (Å²) in [5.74, 6) is 0.679. The molecule has 0 unspecified atom stereocenters. The van der Waals surface area contributed by atoms with Crippen LogP contribution in [0.25, 0.3) is 0 Å². The van der Waals surface area contributed by atoms with Gasteiger partial charge < -0.3 is 10.1 Å². The molecule has 6 nitrogen and oxygen atoms in total. The number of nitrogens with zero attached hydrogens (tertiary/aromatic N) is 1. The maximum absolute atomic E-state index is 13.2. The summed E-state index contributed by atoms with van der Waals surface area (Å²) in [6.07, 6.45) is 3.58. The fourth-order valence-electron chi connectivity index (χ4n) is 4.99. The number of amides is 1. The lowest BCUT2D eigenvalue weighted by molar-refractivity contribution is -0.127. The first-order valence-electron chi connectivity index (χ1n) is 12.0. The van der Waals surface area contributed by atoms with E-state index in [4.69, 9.17) is 4.74 Å². The third kappa shape index (κ3) is 5.25. The Balaban J connectivity index is 1.39. The summed E-state index contributed by atoms with van der Waals surface area (Å²) in [5, 5.41) is 3.27. The second-order valence-corrected chi connectivity index (χ2v) is 11.2. The Labute approximate surface area is 197 Å². The van der Waals surface area contributed by atoms with Crippen molar-refractivity contribution in [2.45, 2.75) is 63.3 Å². The smallest absolute Gasteiger partial charge is 0.223 e. The van der Waals surface area contributed by atoms with Crippen LogP contribution >= 0.6 is 0 Å². The van der Waals surface area contributed by atoms with Crippen LogP contribution in [0.3, 0.4) is 0 Å². The Bertz CT molecular complexity index is 1060. The molecule has 4 rings (SSSR count). The van der Waals surface area contributed by atoms with Crippen molar-refractivity contribution >= 4 is 15.9 Å². The number of hydrogen-bond acceptors (Lipinski definition) is 4. The van der Waals surface area contributed by atoms with E-state index in [1.165, 1.54) is 4.31 Å². The first kappa shape index (κ1) is 23.8. The number of fused-ring (bicyclic) bond motifs is 1. The van der Waals surface area contributed by atoms with Crippen LogP contribution in [0.1, 0.15) is 63.1 Å². The molecular weight excluding hydrogens is 436 g/mol. The maximum Gasteiger partial charge on any atom is 0.223 e. The van der Waals surface area contributed by atoms with Gasteiger partial charge in [-0.1, -0.05) is 62.4 Å². The number of ether oxygens (including phenoxy) is 1. The fraction of sp³-hybridized carbons (Fsp3) is 0.500. The number of benzene rings is 2. The molecule has 178 valence electrons. The van der Waals surface area contributed by atoms with E-state index in [9.17, 15) is 13.2 Å². The number of para-hydroxylation sites is 1. The van der Waals surface area contributed by atoms with Crippen molar-refractivity contribution in [1.29, 1.82) is 0 Å². The predicted octanol–water partition coefficient (Wildman–Crippen LogP) is 4.43. The zero-order valence-corrected chi connectivity index (χ0v) is 20.3. The van der Waals surface area contributed by atoms with E-state index in [0.717, 1.165) is 36.1 Å². The molecule has 1 saturated heterocycles. The number of piperidine rings is 1. The molecule has 33 heavy (non-hydrogen) atoms. The molecule has 1 amide bonds. The van der Waals surface area contributed by atoms with Crippen molar-refractivity contribution in [3.8, 4) is 5.75 Å². The van der Waals surface area contributed by atoms with Gasteiger partial charge in [-0.3, -0.25) is 4.79 Å². The number of sulfonamides is 1. The second kappa shape index (κ2) is 9.85. The van der Waals surface area contributed by atoms with Crippen LogP contribution in [0.4, 0.5) is 0 Å². The highest BCUT2D eigenvalue weighted by Gasteiger charge is 2.40. The van der Waals surface area contributed by atoms with Crippen LogP contribution in [0.15, 0.2) is 54.6 Å². The minimum atomic E-state index is -3.39. The first-order chi connectivity index (χ1) is 15.9. The molecule has 1 N–H and O–H groups in total. The van der Waals surface area contributed by atoms with Crippen molar-refractivity contribution in [2.75, 3.05) is 13.1 Å². The van der Waals surface area contributed by atoms with Crippen LogP contribution in [0.5, 0.6) is 5.75 Å². The minimum absolute atomic E-state index is 0.000318. The highest BCUT2D eigenvalue weighted by atomic mass is 32.2. The monoisotopic (exact) mass is 470 g/mol. The molecule has 2 aromatic carbocycles. The van der Waals surface area contributed by atoms with E-state index in [2.05, 4.69) is 19.2 Å². The molecule has 7 heteroatoms. The predicted molar refractivity (Wildman–Crippen MR) is 129 cm³/mol. The summed E-state index contributed by atoms with van der Waals surface area (Å²) >= 11 is 0. The highest BCUT2D eigenvalue weighted by molar-refractivity contribution is 7.88. The molecule has 0 spiro atoms. The van der Waals surface area contributed by atoms with Gasteiger partial charge in [0.1, 0.15) is 11.4 Å². The highest BCUT2D eigenvalue weighted by Crippen LogP contribution is 2.42. The van der Waals surface area contributed by atoms with Gasteiger partial charge in [-0.15, -0.1) is 0 Å². The Hall–Kier alpha value is -2.38. The summed E-state index contributed by atoms with van der Waals surface area (Å²) in [5.41, 5.74) is 1.53. The average molecular weight is 471 g/mol. The molecule has 2 heterocycles. The van der Waals surface area contributed by atoms with Gasteiger partial charge in [-0.25, -0.2) is 12.7 Å². The molecule has 0 radical (unpaired) electrons. The molecule has 1 fully saturated rings. The quantitative estimate of drug-likeness (QED) is 0.650. The number of nitrogens with one attached hydrogen (secondary N) is 1. The zero-order valence-electron chi connectivity index (χ0n) is 19.5. The van der Waals surface area contributed by atoms with Gasteiger partial charge in [0.25, 0.3) is 0 Å². The summed E-state index contributed by atoms with van der Waals surface area (Å²) in [4.78, 5) is 13.2. The molecule has 1 atom stereocenters. The van der Waals surface area contributed by atoms with Crippen LogP contribution in [0, 0.1) is 5.92 Å². The molecule has 2 aliphatic heterocycles. The van der Waals surface area contributed by atoms with Crippen molar-refractivity contribution in [1.82, 2.24) is 9.62 Å². The molecular formula is C26H34N2O4S. The third-order valence-electron chi connectivity index (χ3n) is 7.21. The standard InChI is InChI=1S/C26H34N2O4S/c1-3-26(4-2)18-23(22-12-8-9-13-24(22)32-26)27-25(29)21-14-16-28(17-15-21)33(30,31)19-20-10-6-5-7-11-20/h5-13,21,23H,3-4,14-19H2,1-2H3,(H,27,29)/t23-/m1/s1. The zero-order chi connectivity index (χ0) is 23.5. The van der Waals surface area contributed by atoms with Gasteiger partial charge in [-0.2, -0.15) is 0 Å². The van der Waals surface area contributed by atoms with E-state index < -0.39 is 10.0 Å². The molecule has 0 saturated carbocycles. The summed E-state index contributed by atoms with van der Waals surface area (Å²) in [6.45, 7) is 5.01. The Morgan fingerprint density at radius 2 is 1.67 bits per heavy atom. The van der Waals surface area contributed by atoms with E-state index in [1.54, 1.807) is 0 Å². The van der Waals surface area contributed by atoms with Crippen molar-refractivity contribution < 1.29 is 17.9 Å². The van der Waals surface area contributed by atoms with E-state index in [1.807, 2.05) is 54.6 Å². The lowest BCUT2D eigenvalue weighted by Crippen LogP contribution is -2.47. The number of hydrogen-bond donors (Lipinski definition) is 1. The van der Waals surface area contributed by atoms with E-state index in [0.29, 0.717) is 25.9 Å². The van der Waals surface area contributed by atoms with Gasteiger partial charge >= 0.3 is 0 Å². The molecule has 0 bridgehead atoms. The Kier molecular flexibility index (Phi) is 7.10. The van der Waals surface area contributed by atoms with Crippen LogP contribution in [-0.4, -0.2) is 37.3 Å². The van der Waals surface area contributed by atoms with E-state index >= 15 is 0 Å². The summed E-state index contributed by atoms with van der Waals surface area (Å²) in [7, 11) is -3.39.